The Morgan fingerprint density at radius 3 is 2.95 bits per heavy atom. The van der Waals surface area contributed by atoms with Crippen LogP contribution in [0.5, 0.6) is 0 Å². The maximum atomic E-state index is 12.6. The van der Waals surface area contributed by atoms with Gasteiger partial charge in [0.2, 0.25) is 0 Å². The van der Waals surface area contributed by atoms with Gasteiger partial charge < -0.3 is 14.4 Å². The van der Waals surface area contributed by atoms with Crippen LogP contribution in [0.3, 0.4) is 0 Å². The van der Waals surface area contributed by atoms with Gasteiger partial charge in [-0.3, -0.25) is 4.79 Å². The van der Waals surface area contributed by atoms with E-state index in [-0.39, 0.29) is 17.6 Å². The van der Waals surface area contributed by atoms with Crippen LogP contribution in [0.1, 0.15) is 35.6 Å². The summed E-state index contributed by atoms with van der Waals surface area (Å²) in [5.74, 6) is 0.962. The second-order valence-corrected chi connectivity index (χ2v) is 6.66. The molecule has 1 aromatic heterocycles. The highest BCUT2D eigenvalue weighted by Crippen LogP contribution is 2.42. The quantitative estimate of drug-likeness (QED) is 0.925. The average Bonchev–Trinajstić information content (AvgIpc) is 3.11. The van der Waals surface area contributed by atoms with E-state index in [1.54, 1.807) is 23.9 Å². The van der Waals surface area contributed by atoms with Crippen molar-refractivity contribution in [1.29, 1.82) is 0 Å². The molecule has 6 heteroatoms. The van der Waals surface area contributed by atoms with Crippen molar-refractivity contribution < 1.29 is 19.1 Å². The minimum atomic E-state index is -0.895. The number of amides is 1. The number of carbonyl (C=O) groups excluding carboxylic acids is 1. The second-order valence-electron chi connectivity index (χ2n) is 5.79. The molecule has 1 N–H and O–H groups in total. The minimum Gasteiger partial charge on any atom is -0.480 e. The number of aliphatic carboxylic acids is 1. The molecule has 1 aromatic rings. The molecule has 0 spiro atoms. The lowest BCUT2D eigenvalue weighted by Crippen LogP contribution is -2.43. The van der Waals surface area contributed by atoms with Crippen LogP contribution in [0.2, 0.25) is 0 Å². The van der Waals surface area contributed by atoms with E-state index in [1.807, 2.05) is 6.26 Å². The summed E-state index contributed by atoms with van der Waals surface area (Å²) in [4.78, 5) is 25.6. The molecule has 1 saturated heterocycles. The van der Waals surface area contributed by atoms with Gasteiger partial charge in [0.05, 0.1) is 5.75 Å². The molecule has 3 atom stereocenters. The number of furan rings is 1. The van der Waals surface area contributed by atoms with Crippen LogP contribution in [-0.4, -0.2) is 40.7 Å². The van der Waals surface area contributed by atoms with Gasteiger partial charge in [0.1, 0.15) is 11.8 Å². The summed E-state index contributed by atoms with van der Waals surface area (Å²) in [7, 11) is 0. The molecule has 2 fully saturated rings. The van der Waals surface area contributed by atoms with Crippen molar-refractivity contribution in [2.45, 2.75) is 31.1 Å². The number of carboxylic acid groups (broad SMARTS) is 1. The normalized spacial score (nSPS) is 27.9. The SMILES string of the molecule is CSCc1ccc(C(=O)N2CC3CCCC3C2C(=O)O)o1. The summed E-state index contributed by atoms with van der Waals surface area (Å²) in [5.41, 5.74) is 0. The van der Waals surface area contributed by atoms with E-state index in [0.717, 1.165) is 25.0 Å². The summed E-state index contributed by atoms with van der Waals surface area (Å²) in [6, 6.07) is 2.75. The number of carbonyl (C=O) groups is 2. The molecule has 0 bridgehead atoms. The summed E-state index contributed by atoms with van der Waals surface area (Å²) >= 11 is 1.62. The lowest BCUT2D eigenvalue weighted by atomic mass is 9.94. The number of hydrogen-bond acceptors (Lipinski definition) is 4. The Hall–Kier alpha value is -1.43. The highest BCUT2D eigenvalue weighted by molar-refractivity contribution is 7.97. The summed E-state index contributed by atoms with van der Waals surface area (Å²) in [6.45, 7) is 0.541. The van der Waals surface area contributed by atoms with E-state index in [4.69, 9.17) is 4.42 Å². The van der Waals surface area contributed by atoms with Crippen LogP contribution in [0.25, 0.3) is 0 Å². The standard InChI is InChI=1S/C15H19NO4S/c1-21-8-10-5-6-12(20-10)14(17)16-7-9-3-2-4-11(9)13(16)15(18)19/h5-6,9,11,13H,2-4,7-8H2,1H3,(H,18,19). The maximum absolute atomic E-state index is 12.6. The van der Waals surface area contributed by atoms with Crippen molar-refractivity contribution in [2.24, 2.45) is 11.8 Å². The van der Waals surface area contributed by atoms with E-state index in [9.17, 15) is 14.7 Å². The van der Waals surface area contributed by atoms with Crippen LogP contribution in [0.15, 0.2) is 16.5 Å². The number of carboxylic acids is 1. The Morgan fingerprint density at radius 2 is 2.24 bits per heavy atom. The third kappa shape index (κ3) is 2.57. The van der Waals surface area contributed by atoms with Crippen LogP contribution in [-0.2, 0) is 10.5 Å². The fraction of sp³-hybridized carbons (Fsp3) is 0.600. The molecule has 1 amide bonds. The van der Waals surface area contributed by atoms with Crippen LogP contribution < -0.4 is 0 Å². The highest BCUT2D eigenvalue weighted by atomic mass is 32.2. The fourth-order valence-electron chi connectivity index (χ4n) is 3.69. The number of fused-ring (bicyclic) bond motifs is 1. The molecule has 2 aliphatic rings. The number of nitrogens with zero attached hydrogens (tertiary/aromatic N) is 1. The van der Waals surface area contributed by atoms with Crippen molar-refractivity contribution in [3.8, 4) is 0 Å². The molecular weight excluding hydrogens is 290 g/mol. The topological polar surface area (TPSA) is 70.8 Å². The van der Waals surface area contributed by atoms with Gasteiger partial charge in [-0.1, -0.05) is 6.42 Å². The Bertz CT molecular complexity index is 556. The van der Waals surface area contributed by atoms with Gasteiger partial charge >= 0.3 is 5.97 Å². The minimum absolute atomic E-state index is 0.104. The Balaban J connectivity index is 1.81. The van der Waals surface area contributed by atoms with Crippen LogP contribution in [0.4, 0.5) is 0 Å². The molecular formula is C15H19NO4S. The third-order valence-corrected chi connectivity index (χ3v) is 5.14. The monoisotopic (exact) mass is 309 g/mol. The highest BCUT2D eigenvalue weighted by Gasteiger charge is 2.50. The lowest BCUT2D eigenvalue weighted by molar-refractivity contribution is -0.142. The zero-order chi connectivity index (χ0) is 15.0. The van der Waals surface area contributed by atoms with Crippen molar-refractivity contribution in [3.05, 3.63) is 23.7 Å². The Morgan fingerprint density at radius 1 is 1.43 bits per heavy atom. The molecule has 1 aliphatic heterocycles. The molecule has 3 rings (SSSR count). The zero-order valence-electron chi connectivity index (χ0n) is 11.9. The van der Waals surface area contributed by atoms with Gasteiger partial charge in [0.15, 0.2) is 5.76 Å². The first kappa shape index (κ1) is 14.5. The number of likely N-dealkylation sites (tertiary alicyclic amines) is 1. The Kier molecular flexibility index (Phi) is 3.97. The molecule has 3 unspecified atom stereocenters. The number of thioether (sulfide) groups is 1. The third-order valence-electron chi connectivity index (χ3n) is 4.56. The van der Waals surface area contributed by atoms with Gasteiger partial charge in [-0.2, -0.15) is 11.8 Å². The zero-order valence-corrected chi connectivity index (χ0v) is 12.8. The molecule has 0 aromatic carbocycles. The van der Waals surface area contributed by atoms with E-state index < -0.39 is 12.0 Å². The average molecular weight is 309 g/mol. The molecule has 0 radical (unpaired) electrons. The van der Waals surface area contributed by atoms with Gasteiger partial charge in [0, 0.05) is 6.54 Å². The Labute approximate surface area is 127 Å². The smallest absolute Gasteiger partial charge is 0.326 e. The van der Waals surface area contributed by atoms with E-state index in [1.165, 1.54) is 4.90 Å². The van der Waals surface area contributed by atoms with Crippen molar-refractivity contribution in [1.82, 2.24) is 4.90 Å². The van der Waals surface area contributed by atoms with Crippen LogP contribution >= 0.6 is 11.8 Å². The molecule has 21 heavy (non-hydrogen) atoms. The second kappa shape index (κ2) is 5.75. The molecule has 114 valence electrons. The molecule has 1 saturated carbocycles. The van der Waals surface area contributed by atoms with Crippen LogP contribution in [0, 0.1) is 11.8 Å². The van der Waals surface area contributed by atoms with Gasteiger partial charge in [-0.05, 0) is 43.1 Å². The lowest BCUT2D eigenvalue weighted by Gasteiger charge is -2.23. The van der Waals surface area contributed by atoms with E-state index in [2.05, 4.69) is 0 Å². The van der Waals surface area contributed by atoms with Crippen molar-refractivity contribution >= 4 is 23.6 Å². The first-order chi connectivity index (χ1) is 10.1. The van der Waals surface area contributed by atoms with Gasteiger partial charge in [0.25, 0.3) is 5.91 Å². The van der Waals surface area contributed by atoms with Gasteiger partial charge in [-0.15, -0.1) is 0 Å². The molecule has 5 nitrogen and oxygen atoms in total. The summed E-state index contributed by atoms with van der Waals surface area (Å²) in [6.07, 6.45) is 4.96. The fourth-order valence-corrected chi connectivity index (χ4v) is 4.12. The largest absolute Gasteiger partial charge is 0.480 e. The molecule has 2 heterocycles. The number of hydrogen-bond donors (Lipinski definition) is 1. The first-order valence-corrected chi connectivity index (χ1v) is 8.62. The summed E-state index contributed by atoms with van der Waals surface area (Å²) in [5, 5.41) is 9.49. The first-order valence-electron chi connectivity index (χ1n) is 7.23. The van der Waals surface area contributed by atoms with Crippen molar-refractivity contribution in [3.63, 3.8) is 0 Å². The predicted octanol–water partition coefficient (Wildman–Crippen LogP) is 2.47. The van der Waals surface area contributed by atoms with Gasteiger partial charge in [-0.25, -0.2) is 4.79 Å². The number of rotatable bonds is 4. The van der Waals surface area contributed by atoms with E-state index in [0.29, 0.717) is 18.2 Å². The van der Waals surface area contributed by atoms with Crippen molar-refractivity contribution in [2.75, 3.05) is 12.8 Å². The maximum Gasteiger partial charge on any atom is 0.326 e. The molecule has 1 aliphatic carbocycles. The summed E-state index contributed by atoms with van der Waals surface area (Å²) < 4.78 is 5.54. The van der Waals surface area contributed by atoms with E-state index >= 15 is 0 Å². The predicted molar refractivity (Wildman–Crippen MR) is 79.2 cm³/mol.